The van der Waals surface area contributed by atoms with Crippen molar-refractivity contribution in [1.29, 1.82) is 0 Å². The third-order valence-electron chi connectivity index (χ3n) is 3.95. The smallest absolute Gasteiger partial charge is 0.328 e. The number of pyridine rings is 1. The summed E-state index contributed by atoms with van der Waals surface area (Å²) in [6.45, 7) is 8.03. The summed E-state index contributed by atoms with van der Waals surface area (Å²) < 4.78 is 16.0. The molecule has 1 heterocycles. The van der Waals surface area contributed by atoms with Crippen LogP contribution in [0.2, 0.25) is 0 Å². The summed E-state index contributed by atoms with van der Waals surface area (Å²) in [5, 5.41) is 12.4. The van der Waals surface area contributed by atoms with Crippen LogP contribution in [0.1, 0.15) is 57.4 Å². The molecule has 0 spiro atoms. The number of amides is 1. The van der Waals surface area contributed by atoms with Crippen LogP contribution >= 0.6 is 0 Å². The zero-order valence-electron chi connectivity index (χ0n) is 16.7. The first-order chi connectivity index (χ1) is 12.8. The number of aromatic nitrogens is 1. The van der Waals surface area contributed by atoms with Crippen LogP contribution in [0.5, 0.6) is 11.5 Å². The molecule has 0 saturated heterocycles. The molecule has 0 bridgehead atoms. The van der Waals surface area contributed by atoms with E-state index in [9.17, 15) is 14.7 Å². The first-order valence-electron chi connectivity index (χ1n) is 9.18. The van der Waals surface area contributed by atoms with E-state index in [1.807, 2.05) is 13.8 Å². The Hall–Kier alpha value is -2.35. The molecule has 2 unspecified atom stereocenters. The number of carbonyl (C=O) groups is 2. The lowest BCUT2D eigenvalue weighted by Gasteiger charge is -2.22. The van der Waals surface area contributed by atoms with Crippen molar-refractivity contribution in [2.75, 3.05) is 13.7 Å². The molecule has 27 heavy (non-hydrogen) atoms. The van der Waals surface area contributed by atoms with E-state index in [0.29, 0.717) is 13.0 Å². The summed E-state index contributed by atoms with van der Waals surface area (Å²) in [5.74, 6) is -1.52. The highest BCUT2D eigenvalue weighted by molar-refractivity contribution is 5.97. The van der Waals surface area contributed by atoms with Crippen molar-refractivity contribution in [2.24, 2.45) is 0 Å². The number of carbonyl (C=O) groups excluding carboxylic acids is 2. The molecule has 1 aromatic rings. The van der Waals surface area contributed by atoms with Gasteiger partial charge in [0.15, 0.2) is 17.2 Å². The average molecular weight is 382 g/mol. The molecule has 0 aliphatic carbocycles. The van der Waals surface area contributed by atoms with Gasteiger partial charge >= 0.3 is 5.97 Å². The van der Waals surface area contributed by atoms with Crippen molar-refractivity contribution in [3.8, 4) is 11.5 Å². The van der Waals surface area contributed by atoms with Crippen molar-refractivity contribution in [2.45, 2.75) is 65.2 Å². The van der Waals surface area contributed by atoms with E-state index in [-0.39, 0.29) is 29.4 Å². The zero-order valence-corrected chi connectivity index (χ0v) is 16.7. The van der Waals surface area contributed by atoms with E-state index < -0.39 is 17.9 Å². The molecule has 0 aromatic carbocycles. The third kappa shape index (κ3) is 7.05. The molecule has 1 aromatic heterocycles. The van der Waals surface area contributed by atoms with Crippen LogP contribution in [0, 0.1) is 0 Å². The highest BCUT2D eigenvalue weighted by Crippen LogP contribution is 2.27. The van der Waals surface area contributed by atoms with Crippen LogP contribution in [0.25, 0.3) is 0 Å². The normalized spacial score (nSPS) is 14.1. The summed E-state index contributed by atoms with van der Waals surface area (Å²) in [4.78, 5) is 28.3. The van der Waals surface area contributed by atoms with Crippen molar-refractivity contribution in [3.63, 3.8) is 0 Å². The molecule has 0 aliphatic heterocycles. The number of aromatic hydroxyl groups is 1. The SMILES string of the molecule is CCCOC(CC)CC(C)OC(=O)[C@H](C)NC(=O)c1nccc(OC)c1O. The Morgan fingerprint density at radius 3 is 2.59 bits per heavy atom. The lowest BCUT2D eigenvalue weighted by molar-refractivity contribution is -0.151. The molecule has 0 fully saturated rings. The fourth-order valence-electron chi connectivity index (χ4n) is 2.45. The maximum absolute atomic E-state index is 12.3. The van der Waals surface area contributed by atoms with Gasteiger partial charge in [-0.05, 0) is 26.7 Å². The molecule has 1 rings (SSSR count). The number of esters is 1. The molecule has 0 radical (unpaired) electrons. The van der Waals surface area contributed by atoms with Crippen molar-refractivity contribution in [1.82, 2.24) is 10.3 Å². The first kappa shape index (κ1) is 22.7. The van der Waals surface area contributed by atoms with E-state index >= 15 is 0 Å². The van der Waals surface area contributed by atoms with E-state index in [1.165, 1.54) is 26.3 Å². The van der Waals surface area contributed by atoms with E-state index in [0.717, 1.165) is 12.8 Å². The predicted molar refractivity (Wildman–Crippen MR) is 99.9 cm³/mol. The Labute approximate surface area is 160 Å². The van der Waals surface area contributed by atoms with Crippen LogP contribution in [-0.4, -0.2) is 53.9 Å². The second-order valence-electron chi connectivity index (χ2n) is 6.29. The number of nitrogens with zero attached hydrogens (tertiary/aromatic N) is 1. The number of nitrogens with one attached hydrogen (secondary N) is 1. The van der Waals surface area contributed by atoms with Crippen LogP contribution in [-0.2, 0) is 14.3 Å². The Morgan fingerprint density at radius 2 is 2.00 bits per heavy atom. The van der Waals surface area contributed by atoms with Crippen LogP contribution < -0.4 is 10.1 Å². The summed E-state index contributed by atoms with van der Waals surface area (Å²) in [6.07, 6.45) is 3.35. The Bertz CT molecular complexity index is 622. The third-order valence-corrected chi connectivity index (χ3v) is 3.95. The summed E-state index contributed by atoms with van der Waals surface area (Å²) in [5.41, 5.74) is -0.221. The van der Waals surface area contributed by atoms with Crippen molar-refractivity contribution < 1.29 is 28.9 Å². The number of methoxy groups -OCH3 is 1. The van der Waals surface area contributed by atoms with Gasteiger partial charge in [-0.15, -0.1) is 0 Å². The van der Waals surface area contributed by atoms with Gasteiger partial charge in [-0.1, -0.05) is 13.8 Å². The number of hydrogen-bond donors (Lipinski definition) is 2. The monoisotopic (exact) mass is 382 g/mol. The molecule has 152 valence electrons. The second kappa shape index (κ2) is 11.4. The van der Waals surface area contributed by atoms with Gasteiger partial charge in [0, 0.05) is 25.3 Å². The minimum Gasteiger partial charge on any atom is -0.503 e. The lowest BCUT2D eigenvalue weighted by Crippen LogP contribution is -2.41. The first-order valence-corrected chi connectivity index (χ1v) is 9.18. The van der Waals surface area contributed by atoms with E-state index in [4.69, 9.17) is 14.2 Å². The Morgan fingerprint density at radius 1 is 1.30 bits per heavy atom. The standard InChI is InChI=1S/C19H30N2O6/c1-6-10-26-14(7-2)11-12(3)27-19(24)13(4)21-18(23)16-17(22)15(25-5)8-9-20-16/h8-9,12-14,22H,6-7,10-11H2,1-5H3,(H,21,23)/t12?,13-,14?/m0/s1. The molecule has 8 heteroatoms. The molecule has 0 saturated carbocycles. The molecule has 8 nitrogen and oxygen atoms in total. The van der Waals surface area contributed by atoms with Gasteiger partial charge in [0.2, 0.25) is 0 Å². The molecular formula is C19H30N2O6. The quantitative estimate of drug-likeness (QED) is 0.566. The Kier molecular flexibility index (Phi) is 9.56. The summed E-state index contributed by atoms with van der Waals surface area (Å²) >= 11 is 0. The highest BCUT2D eigenvalue weighted by Gasteiger charge is 2.24. The minimum absolute atomic E-state index is 0.0237. The molecular weight excluding hydrogens is 352 g/mol. The number of rotatable bonds is 11. The fraction of sp³-hybridized carbons (Fsp3) is 0.632. The number of hydrogen-bond acceptors (Lipinski definition) is 7. The maximum Gasteiger partial charge on any atom is 0.328 e. The molecule has 0 aliphatic rings. The predicted octanol–water partition coefficient (Wildman–Crippen LogP) is 2.44. The fourth-order valence-corrected chi connectivity index (χ4v) is 2.45. The Balaban J connectivity index is 2.60. The van der Waals surface area contributed by atoms with Gasteiger partial charge in [-0.2, -0.15) is 0 Å². The van der Waals surface area contributed by atoms with E-state index in [1.54, 1.807) is 6.92 Å². The molecule has 3 atom stereocenters. The van der Waals surface area contributed by atoms with Gasteiger partial charge in [0.1, 0.15) is 12.1 Å². The summed E-state index contributed by atoms with van der Waals surface area (Å²) in [7, 11) is 1.37. The van der Waals surface area contributed by atoms with Crippen molar-refractivity contribution in [3.05, 3.63) is 18.0 Å². The van der Waals surface area contributed by atoms with Gasteiger partial charge < -0.3 is 24.6 Å². The zero-order chi connectivity index (χ0) is 20.4. The highest BCUT2D eigenvalue weighted by atomic mass is 16.5. The molecule has 2 N–H and O–H groups in total. The van der Waals surface area contributed by atoms with E-state index in [2.05, 4.69) is 10.3 Å². The van der Waals surface area contributed by atoms with Crippen LogP contribution in [0.3, 0.4) is 0 Å². The topological polar surface area (TPSA) is 107 Å². The average Bonchev–Trinajstić information content (AvgIpc) is 2.64. The largest absolute Gasteiger partial charge is 0.503 e. The number of ether oxygens (including phenoxy) is 3. The van der Waals surface area contributed by atoms with Crippen LogP contribution in [0.4, 0.5) is 0 Å². The van der Waals surface area contributed by atoms with Gasteiger partial charge in [0.25, 0.3) is 5.91 Å². The minimum atomic E-state index is -0.899. The van der Waals surface area contributed by atoms with Crippen molar-refractivity contribution >= 4 is 11.9 Å². The summed E-state index contributed by atoms with van der Waals surface area (Å²) in [6, 6.07) is 0.528. The van der Waals surface area contributed by atoms with Gasteiger partial charge in [-0.3, -0.25) is 4.79 Å². The van der Waals surface area contributed by atoms with Gasteiger partial charge in [0.05, 0.1) is 13.2 Å². The second-order valence-corrected chi connectivity index (χ2v) is 6.29. The maximum atomic E-state index is 12.3. The van der Waals surface area contributed by atoms with Crippen LogP contribution in [0.15, 0.2) is 12.3 Å². The van der Waals surface area contributed by atoms with Gasteiger partial charge in [-0.25, -0.2) is 9.78 Å². The molecule has 1 amide bonds. The lowest BCUT2D eigenvalue weighted by atomic mass is 10.1.